The van der Waals surface area contributed by atoms with Crippen molar-refractivity contribution in [1.29, 1.82) is 0 Å². The third kappa shape index (κ3) is 2.41. The summed E-state index contributed by atoms with van der Waals surface area (Å²) in [7, 11) is 0. The van der Waals surface area contributed by atoms with Gasteiger partial charge in [-0.05, 0) is 0 Å². The summed E-state index contributed by atoms with van der Waals surface area (Å²) in [5.41, 5.74) is 7.02. The maximum atomic E-state index is 11.2. The molecule has 0 unspecified atom stereocenters. The molecule has 3 N–H and O–H groups in total. The Kier molecular flexibility index (Phi) is 3.11. The van der Waals surface area contributed by atoms with E-state index in [0.29, 0.717) is 5.56 Å². The van der Waals surface area contributed by atoms with E-state index in [0.717, 1.165) is 9.98 Å². The quantitative estimate of drug-likeness (QED) is 0.694. The molecule has 4 heteroatoms. The Morgan fingerprint density at radius 1 is 1.11 bits per heavy atom. The average molecular weight is 315 g/mol. The standard InChI is InChI=1S/C15H12N2OSe/c16-15(18)10-4-3-5-11(8-10)19-14-9-17-13-7-2-1-6-12(13)14/h1-9,17H,(H2,16,18). The fraction of sp³-hybridized carbons (Fsp3) is 0. The van der Waals surface area contributed by atoms with Gasteiger partial charge in [0.05, 0.1) is 0 Å². The minimum absolute atomic E-state index is 0.158. The van der Waals surface area contributed by atoms with Crippen LogP contribution in [0.15, 0.2) is 54.7 Å². The van der Waals surface area contributed by atoms with Crippen LogP contribution in [0.25, 0.3) is 10.9 Å². The van der Waals surface area contributed by atoms with Gasteiger partial charge in [0.15, 0.2) is 0 Å². The summed E-state index contributed by atoms with van der Waals surface area (Å²) in [5.74, 6) is -0.378. The Hall–Kier alpha value is -2.03. The molecule has 2 aromatic carbocycles. The van der Waals surface area contributed by atoms with Gasteiger partial charge in [-0.25, -0.2) is 0 Å². The molecule has 3 aromatic rings. The van der Waals surface area contributed by atoms with Crippen LogP contribution in [-0.4, -0.2) is 25.8 Å². The van der Waals surface area contributed by atoms with Crippen LogP contribution >= 0.6 is 0 Å². The molecule has 0 atom stereocenters. The summed E-state index contributed by atoms with van der Waals surface area (Å²) in [6, 6.07) is 15.8. The van der Waals surface area contributed by atoms with E-state index in [1.165, 1.54) is 9.85 Å². The first kappa shape index (κ1) is 12.0. The normalized spacial score (nSPS) is 10.7. The van der Waals surface area contributed by atoms with Gasteiger partial charge < -0.3 is 0 Å². The molecule has 1 heterocycles. The van der Waals surface area contributed by atoms with Crippen LogP contribution in [0, 0.1) is 0 Å². The topological polar surface area (TPSA) is 58.9 Å². The third-order valence-electron chi connectivity index (χ3n) is 2.90. The second kappa shape index (κ2) is 4.92. The molecule has 0 saturated heterocycles. The molecule has 0 aliphatic heterocycles. The number of aromatic amines is 1. The van der Waals surface area contributed by atoms with Gasteiger partial charge in [0.2, 0.25) is 0 Å². The Bertz CT molecular complexity index is 748. The Labute approximate surface area is 117 Å². The van der Waals surface area contributed by atoms with Gasteiger partial charge in [0.25, 0.3) is 0 Å². The van der Waals surface area contributed by atoms with Gasteiger partial charge >= 0.3 is 116 Å². The van der Waals surface area contributed by atoms with Crippen LogP contribution in [0.4, 0.5) is 0 Å². The van der Waals surface area contributed by atoms with Crippen molar-refractivity contribution in [3.63, 3.8) is 0 Å². The van der Waals surface area contributed by atoms with Gasteiger partial charge in [0, 0.05) is 0 Å². The number of benzene rings is 2. The number of primary amides is 1. The van der Waals surface area contributed by atoms with E-state index < -0.39 is 0 Å². The zero-order chi connectivity index (χ0) is 13.2. The Morgan fingerprint density at radius 2 is 1.95 bits per heavy atom. The van der Waals surface area contributed by atoms with Gasteiger partial charge in [0.1, 0.15) is 0 Å². The molecule has 1 amide bonds. The molecule has 0 spiro atoms. The number of hydrogen-bond donors (Lipinski definition) is 2. The summed E-state index contributed by atoms with van der Waals surface area (Å²) in [6.07, 6.45) is 2.04. The van der Waals surface area contributed by atoms with Crippen molar-refractivity contribution in [3.05, 3.63) is 60.3 Å². The Morgan fingerprint density at radius 3 is 2.79 bits per heavy atom. The number of amides is 1. The van der Waals surface area contributed by atoms with E-state index >= 15 is 0 Å². The molecular formula is C15H12N2OSe. The average Bonchev–Trinajstić information content (AvgIpc) is 2.83. The summed E-state index contributed by atoms with van der Waals surface area (Å²) in [5, 5.41) is 1.24. The minimum atomic E-state index is -0.378. The fourth-order valence-electron chi connectivity index (χ4n) is 1.97. The summed E-state index contributed by atoms with van der Waals surface area (Å²) < 4.78 is 2.43. The van der Waals surface area contributed by atoms with E-state index in [4.69, 9.17) is 5.73 Å². The number of nitrogens with one attached hydrogen (secondary N) is 1. The molecule has 0 aliphatic rings. The van der Waals surface area contributed by atoms with E-state index in [9.17, 15) is 4.79 Å². The molecule has 0 fully saturated rings. The number of rotatable bonds is 3. The molecule has 94 valence electrons. The number of hydrogen-bond acceptors (Lipinski definition) is 1. The van der Waals surface area contributed by atoms with E-state index in [1.807, 2.05) is 36.5 Å². The second-order valence-electron chi connectivity index (χ2n) is 4.19. The number of fused-ring (bicyclic) bond motifs is 1. The SMILES string of the molecule is NC(=O)c1cccc([Se]c2c[nH]c3ccccc23)c1. The summed E-state index contributed by atoms with van der Waals surface area (Å²) in [4.78, 5) is 14.5. The van der Waals surface area contributed by atoms with E-state index in [-0.39, 0.29) is 20.9 Å². The van der Waals surface area contributed by atoms with Crippen LogP contribution in [0.3, 0.4) is 0 Å². The van der Waals surface area contributed by atoms with Crippen molar-refractivity contribution in [2.75, 3.05) is 0 Å². The van der Waals surface area contributed by atoms with Crippen molar-refractivity contribution in [3.8, 4) is 0 Å². The van der Waals surface area contributed by atoms with Crippen LogP contribution in [0.1, 0.15) is 10.4 Å². The number of nitrogens with two attached hydrogens (primary N) is 1. The Balaban J connectivity index is 1.97. The zero-order valence-electron chi connectivity index (χ0n) is 10.1. The molecule has 1 aromatic heterocycles. The number of para-hydroxylation sites is 1. The van der Waals surface area contributed by atoms with Crippen molar-refractivity contribution in [2.45, 2.75) is 0 Å². The predicted octanol–water partition coefficient (Wildman–Crippen LogP) is 0.922. The fourth-order valence-corrected chi connectivity index (χ4v) is 4.05. The predicted molar refractivity (Wildman–Crippen MR) is 78.3 cm³/mol. The van der Waals surface area contributed by atoms with E-state index in [1.54, 1.807) is 6.07 Å². The molecule has 0 radical (unpaired) electrons. The first-order chi connectivity index (χ1) is 9.24. The molecule has 0 aliphatic carbocycles. The van der Waals surface area contributed by atoms with Crippen LogP contribution in [-0.2, 0) is 0 Å². The van der Waals surface area contributed by atoms with Gasteiger partial charge in [-0.2, -0.15) is 0 Å². The second-order valence-corrected chi connectivity index (χ2v) is 6.53. The van der Waals surface area contributed by atoms with Crippen molar-refractivity contribution in [2.24, 2.45) is 5.73 Å². The first-order valence-corrected chi connectivity index (χ1v) is 7.59. The van der Waals surface area contributed by atoms with Crippen molar-refractivity contribution >= 4 is 40.7 Å². The van der Waals surface area contributed by atoms with E-state index in [2.05, 4.69) is 17.1 Å². The molecule has 3 rings (SSSR count). The number of carbonyl (C=O) groups is 1. The summed E-state index contributed by atoms with van der Waals surface area (Å²) >= 11 is 0.158. The number of aromatic nitrogens is 1. The molecule has 0 bridgehead atoms. The third-order valence-corrected chi connectivity index (χ3v) is 5.09. The van der Waals surface area contributed by atoms with Gasteiger partial charge in [-0.3, -0.25) is 0 Å². The first-order valence-electron chi connectivity index (χ1n) is 5.88. The number of H-pyrrole nitrogens is 1. The van der Waals surface area contributed by atoms with Crippen LogP contribution < -0.4 is 14.7 Å². The molecule has 0 saturated carbocycles. The van der Waals surface area contributed by atoms with Crippen molar-refractivity contribution in [1.82, 2.24) is 4.98 Å². The number of carbonyl (C=O) groups excluding carboxylic acids is 1. The molecule has 3 nitrogen and oxygen atoms in total. The zero-order valence-corrected chi connectivity index (χ0v) is 11.8. The van der Waals surface area contributed by atoms with Gasteiger partial charge in [-0.1, -0.05) is 0 Å². The van der Waals surface area contributed by atoms with Crippen LogP contribution in [0.2, 0.25) is 0 Å². The molecule has 19 heavy (non-hydrogen) atoms. The van der Waals surface area contributed by atoms with Crippen molar-refractivity contribution < 1.29 is 4.79 Å². The van der Waals surface area contributed by atoms with Gasteiger partial charge in [-0.15, -0.1) is 0 Å². The van der Waals surface area contributed by atoms with Crippen LogP contribution in [0.5, 0.6) is 0 Å². The maximum absolute atomic E-state index is 11.2. The summed E-state index contributed by atoms with van der Waals surface area (Å²) in [6.45, 7) is 0. The monoisotopic (exact) mass is 316 g/mol. The molecular weight excluding hydrogens is 303 g/mol.